The average Bonchev–Trinajstić information content (AvgIpc) is 2.83. The molecule has 1 aliphatic heterocycles. The monoisotopic (exact) mass is 306 g/mol. The summed E-state index contributed by atoms with van der Waals surface area (Å²) < 4.78 is 5.33. The fourth-order valence-electron chi connectivity index (χ4n) is 2.60. The Labute approximate surface area is 130 Å². The maximum absolute atomic E-state index is 12.2. The molecule has 1 fully saturated rings. The van der Waals surface area contributed by atoms with Gasteiger partial charge in [-0.1, -0.05) is 25.4 Å². The van der Waals surface area contributed by atoms with Gasteiger partial charge in [-0.3, -0.25) is 0 Å². The molecule has 1 aromatic carbocycles. The maximum Gasteiger partial charge on any atom is 0.328 e. The van der Waals surface area contributed by atoms with Gasteiger partial charge in [0.05, 0.1) is 12.0 Å². The van der Waals surface area contributed by atoms with Gasteiger partial charge >= 0.3 is 5.97 Å². The highest BCUT2D eigenvalue weighted by Gasteiger charge is 2.38. The Morgan fingerprint density at radius 3 is 2.71 bits per heavy atom. The minimum atomic E-state index is -0.422. The van der Waals surface area contributed by atoms with E-state index in [4.69, 9.17) is 16.3 Å². The van der Waals surface area contributed by atoms with Crippen molar-refractivity contribution in [3.05, 3.63) is 29.3 Å². The number of nitrogens with zero attached hydrogens (tertiary/aromatic N) is 1. The second kappa shape index (κ2) is 6.93. The first kappa shape index (κ1) is 15.8. The van der Waals surface area contributed by atoms with Crippen LogP contribution in [-0.4, -0.2) is 18.1 Å². The van der Waals surface area contributed by atoms with E-state index in [2.05, 4.69) is 25.2 Å². The lowest BCUT2D eigenvalue weighted by Gasteiger charge is -2.16. The van der Waals surface area contributed by atoms with Crippen LogP contribution < -0.4 is 10.1 Å². The van der Waals surface area contributed by atoms with Gasteiger partial charge in [-0.15, -0.1) is 0 Å². The molecule has 1 aliphatic rings. The normalized spacial score (nSPS) is 24.8. The maximum atomic E-state index is 12.2. The van der Waals surface area contributed by atoms with Crippen LogP contribution in [0, 0.1) is 23.2 Å². The SMILES string of the molecule is CC(C)CC1NC(C(=O)Oc2ccc(Cl)cc2)CC1C#N. The Balaban J connectivity index is 1.97. The number of ether oxygens (including phenoxy) is 1. The van der Waals surface area contributed by atoms with Crippen molar-refractivity contribution < 1.29 is 9.53 Å². The molecule has 4 nitrogen and oxygen atoms in total. The van der Waals surface area contributed by atoms with Gasteiger partial charge in [0, 0.05) is 11.1 Å². The van der Waals surface area contributed by atoms with Gasteiger partial charge in [0.2, 0.25) is 0 Å². The Morgan fingerprint density at radius 1 is 1.48 bits per heavy atom. The summed E-state index contributed by atoms with van der Waals surface area (Å²) >= 11 is 5.79. The zero-order valence-corrected chi connectivity index (χ0v) is 12.9. The van der Waals surface area contributed by atoms with Crippen molar-refractivity contribution in [1.29, 1.82) is 5.26 Å². The topological polar surface area (TPSA) is 62.1 Å². The van der Waals surface area contributed by atoms with E-state index in [-0.39, 0.29) is 17.9 Å². The number of hydrogen-bond acceptors (Lipinski definition) is 4. The highest BCUT2D eigenvalue weighted by Crippen LogP contribution is 2.26. The van der Waals surface area contributed by atoms with Crippen molar-refractivity contribution in [2.75, 3.05) is 0 Å². The second-order valence-corrected chi connectivity index (χ2v) is 6.24. The molecule has 0 radical (unpaired) electrons. The van der Waals surface area contributed by atoms with E-state index in [1.807, 2.05) is 0 Å². The average molecular weight is 307 g/mol. The molecule has 2 rings (SSSR count). The van der Waals surface area contributed by atoms with Crippen LogP contribution in [0.25, 0.3) is 0 Å². The van der Waals surface area contributed by atoms with E-state index in [0.29, 0.717) is 23.1 Å². The summed E-state index contributed by atoms with van der Waals surface area (Å²) in [4.78, 5) is 12.2. The van der Waals surface area contributed by atoms with Crippen LogP contribution in [0.2, 0.25) is 5.02 Å². The van der Waals surface area contributed by atoms with Gasteiger partial charge < -0.3 is 10.1 Å². The Morgan fingerprint density at radius 2 is 2.14 bits per heavy atom. The van der Waals surface area contributed by atoms with Gasteiger partial charge in [0.1, 0.15) is 11.8 Å². The summed E-state index contributed by atoms with van der Waals surface area (Å²) in [5, 5.41) is 13.0. The predicted octanol–water partition coefficient (Wildman–Crippen LogP) is 3.16. The van der Waals surface area contributed by atoms with Crippen LogP contribution in [0.1, 0.15) is 26.7 Å². The molecular weight excluding hydrogens is 288 g/mol. The molecule has 1 saturated heterocycles. The van der Waals surface area contributed by atoms with Crippen molar-refractivity contribution in [3.63, 3.8) is 0 Å². The molecule has 3 unspecified atom stereocenters. The fraction of sp³-hybridized carbons (Fsp3) is 0.500. The molecule has 0 aromatic heterocycles. The number of benzene rings is 1. The third-order valence-corrected chi connectivity index (χ3v) is 3.85. The van der Waals surface area contributed by atoms with Gasteiger partial charge in [-0.05, 0) is 43.0 Å². The molecule has 112 valence electrons. The van der Waals surface area contributed by atoms with E-state index < -0.39 is 6.04 Å². The first-order valence-corrected chi connectivity index (χ1v) is 7.50. The Hall–Kier alpha value is -1.57. The highest BCUT2D eigenvalue weighted by molar-refractivity contribution is 6.30. The number of nitrogens with one attached hydrogen (secondary N) is 1. The lowest BCUT2D eigenvalue weighted by Crippen LogP contribution is -2.39. The minimum absolute atomic E-state index is 0.0535. The second-order valence-electron chi connectivity index (χ2n) is 5.80. The van der Waals surface area contributed by atoms with E-state index >= 15 is 0 Å². The highest BCUT2D eigenvalue weighted by atomic mass is 35.5. The number of halogens is 1. The summed E-state index contributed by atoms with van der Waals surface area (Å²) in [6.07, 6.45) is 1.38. The number of carbonyl (C=O) groups is 1. The predicted molar refractivity (Wildman–Crippen MR) is 81.0 cm³/mol. The van der Waals surface area contributed by atoms with Crippen LogP contribution in [0.4, 0.5) is 0 Å². The van der Waals surface area contributed by atoms with E-state index in [9.17, 15) is 10.1 Å². The van der Waals surface area contributed by atoms with Crippen LogP contribution in [-0.2, 0) is 4.79 Å². The number of carbonyl (C=O) groups excluding carboxylic acids is 1. The summed E-state index contributed by atoms with van der Waals surface area (Å²) in [5.41, 5.74) is 0. The molecule has 1 N–H and O–H groups in total. The molecule has 1 heterocycles. The van der Waals surface area contributed by atoms with Crippen LogP contribution in [0.15, 0.2) is 24.3 Å². The molecule has 21 heavy (non-hydrogen) atoms. The molecule has 0 spiro atoms. The standard InChI is InChI=1S/C16H19ClN2O2/c1-10(2)7-14-11(9-18)8-15(19-14)16(20)21-13-5-3-12(17)4-6-13/h3-6,10-11,14-15,19H,7-8H2,1-2H3. The van der Waals surface area contributed by atoms with Crippen molar-refractivity contribution in [2.24, 2.45) is 11.8 Å². The molecule has 1 aromatic rings. The number of esters is 1. The van der Waals surface area contributed by atoms with Gasteiger partial charge in [0.15, 0.2) is 0 Å². The van der Waals surface area contributed by atoms with Crippen LogP contribution in [0.3, 0.4) is 0 Å². The lowest BCUT2D eigenvalue weighted by atomic mass is 9.94. The van der Waals surface area contributed by atoms with E-state index in [1.54, 1.807) is 24.3 Å². The van der Waals surface area contributed by atoms with Crippen molar-refractivity contribution in [2.45, 2.75) is 38.8 Å². The number of hydrogen-bond donors (Lipinski definition) is 1. The summed E-state index contributed by atoms with van der Waals surface area (Å²) in [5.74, 6) is 0.454. The fourth-order valence-corrected chi connectivity index (χ4v) is 2.72. The third kappa shape index (κ3) is 4.20. The van der Waals surface area contributed by atoms with E-state index in [0.717, 1.165) is 6.42 Å². The number of nitriles is 1. The first-order chi connectivity index (χ1) is 9.99. The minimum Gasteiger partial charge on any atom is -0.425 e. The van der Waals surface area contributed by atoms with Gasteiger partial charge in [0.25, 0.3) is 0 Å². The van der Waals surface area contributed by atoms with Crippen molar-refractivity contribution >= 4 is 17.6 Å². The zero-order chi connectivity index (χ0) is 15.4. The quantitative estimate of drug-likeness (QED) is 0.685. The Bertz CT molecular complexity index is 536. The molecular formula is C16H19ClN2O2. The summed E-state index contributed by atoms with van der Waals surface area (Å²) in [7, 11) is 0. The van der Waals surface area contributed by atoms with E-state index in [1.165, 1.54) is 0 Å². The lowest BCUT2D eigenvalue weighted by molar-refractivity contribution is -0.136. The third-order valence-electron chi connectivity index (χ3n) is 3.60. The molecule has 5 heteroatoms. The Kier molecular flexibility index (Phi) is 5.22. The number of rotatable bonds is 4. The first-order valence-electron chi connectivity index (χ1n) is 7.12. The van der Waals surface area contributed by atoms with Crippen molar-refractivity contribution in [3.8, 4) is 11.8 Å². The zero-order valence-electron chi connectivity index (χ0n) is 12.2. The van der Waals surface area contributed by atoms with Crippen LogP contribution >= 0.6 is 11.6 Å². The molecule has 3 atom stereocenters. The molecule has 0 bridgehead atoms. The molecule has 0 saturated carbocycles. The van der Waals surface area contributed by atoms with Crippen LogP contribution in [0.5, 0.6) is 5.75 Å². The van der Waals surface area contributed by atoms with Gasteiger partial charge in [-0.25, -0.2) is 4.79 Å². The van der Waals surface area contributed by atoms with Crippen molar-refractivity contribution in [1.82, 2.24) is 5.32 Å². The smallest absolute Gasteiger partial charge is 0.328 e. The van der Waals surface area contributed by atoms with Gasteiger partial charge in [-0.2, -0.15) is 5.26 Å². The summed E-state index contributed by atoms with van der Waals surface area (Å²) in [6, 6.07) is 8.57. The summed E-state index contributed by atoms with van der Waals surface area (Å²) in [6.45, 7) is 4.21. The molecule has 0 amide bonds. The largest absolute Gasteiger partial charge is 0.425 e. The molecule has 0 aliphatic carbocycles.